The van der Waals surface area contributed by atoms with Gasteiger partial charge in [-0.15, -0.1) is 0 Å². The minimum absolute atomic E-state index is 0.741. The van der Waals surface area contributed by atoms with Crippen molar-refractivity contribution in [2.75, 3.05) is 0 Å². The first-order valence-electron chi connectivity index (χ1n) is 5.85. The Morgan fingerprint density at radius 1 is 1.26 bits per heavy atom. The lowest BCUT2D eigenvalue weighted by molar-refractivity contribution is -0.671. The first-order chi connectivity index (χ1) is 9.02. The number of hydrogen-bond donors (Lipinski definition) is 1. The molecular weight excluding hydrogens is 326 g/mol. The van der Waals surface area contributed by atoms with Crippen LogP contribution in [0.4, 0.5) is 0 Å². The molecule has 2 aromatic heterocycles. The van der Waals surface area contributed by atoms with Gasteiger partial charge in [0.05, 0.1) is 21.1 Å². The molecule has 96 valence electrons. The van der Waals surface area contributed by atoms with Gasteiger partial charge in [0.2, 0.25) is 0 Å². The van der Waals surface area contributed by atoms with Crippen LogP contribution in [-0.2, 0) is 7.05 Å². The fourth-order valence-electron chi connectivity index (χ4n) is 2.08. The summed E-state index contributed by atoms with van der Waals surface area (Å²) in [5, 5.41) is 0.741. The van der Waals surface area contributed by atoms with Crippen molar-refractivity contribution in [2.24, 2.45) is 7.05 Å². The van der Waals surface area contributed by atoms with Crippen LogP contribution >= 0.6 is 27.5 Å². The molecule has 0 saturated heterocycles. The molecule has 3 rings (SSSR count). The first kappa shape index (κ1) is 12.6. The van der Waals surface area contributed by atoms with Crippen LogP contribution in [-0.4, -0.2) is 9.97 Å². The maximum Gasteiger partial charge on any atom is 0.182 e. The molecule has 0 aliphatic heterocycles. The Morgan fingerprint density at radius 3 is 2.79 bits per heavy atom. The van der Waals surface area contributed by atoms with Gasteiger partial charge in [0.15, 0.2) is 12.4 Å². The predicted octanol–water partition coefficient (Wildman–Crippen LogP) is 3.78. The molecule has 1 aromatic carbocycles. The lowest BCUT2D eigenvalue weighted by atomic mass is 10.2. The van der Waals surface area contributed by atoms with E-state index in [2.05, 4.69) is 25.9 Å². The van der Waals surface area contributed by atoms with Crippen LogP contribution in [0.5, 0.6) is 0 Å². The fraction of sp³-hybridized carbons (Fsp3) is 0.143. The zero-order valence-electron chi connectivity index (χ0n) is 10.5. The molecule has 2 heterocycles. The van der Waals surface area contributed by atoms with Gasteiger partial charge in [0.25, 0.3) is 0 Å². The Labute approximate surface area is 124 Å². The molecule has 3 nitrogen and oxygen atoms in total. The molecule has 0 saturated carbocycles. The number of pyridine rings is 1. The van der Waals surface area contributed by atoms with E-state index in [1.807, 2.05) is 49.1 Å². The number of aromatic nitrogens is 3. The van der Waals surface area contributed by atoms with Crippen LogP contribution in [0.25, 0.3) is 22.4 Å². The highest BCUT2D eigenvalue weighted by molar-refractivity contribution is 9.10. The third-order valence-corrected chi connectivity index (χ3v) is 3.84. The lowest BCUT2D eigenvalue weighted by Crippen LogP contribution is -2.26. The Balaban J connectivity index is 2.20. The Morgan fingerprint density at radius 2 is 2.05 bits per heavy atom. The third-order valence-electron chi connectivity index (χ3n) is 3.00. The lowest BCUT2D eigenvalue weighted by Gasteiger charge is -1.96. The van der Waals surface area contributed by atoms with Crippen LogP contribution in [0, 0.1) is 6.92 Å². The summed E-state index contributed by atoms with van der Waals surface area (Å²) in [4.78, 5) is 7.92. The highest BCUT2D eigenvalue weighted by atomic mass is 79.9. The number of nitrogens with zero attached hydrogens (tertiary/aromatic N) is 2. The van der Waals surface area contributed by atoms with E-state index in [0.29, 0.717) is 0 Å². The number of rotatable bonds is 1. The molecular formula is C14H12BrClN3+. The van der Waals surface area contributed by atoms with Gasteiger partial charge in [-0.05, 0) is 46.6 Å². The normalized spacial score (nSPS) is 11.2. The van der Waals surface area contributed by atoms with E-state index >= 15 is 0 Å². The highest BCUT2D eigenvalue weighted by Crippen LogP contribution is 2.25. The van der Waals surface area contributed by atoms with Crippen molar-refractivity contribution in [2.45, 2.75) is 6.92 Å². The molecule has 0 aliphatic carbocycles. The fourth-order valence-corrected chi connectivity index (χ4v) is 2.81. The molecule has 0 amide bonds. The largest absolute Gasteiger partial charge is 0.338 e. The molecule has 0 radical (unpaired) electrons. The Hall–Kier alpha value is -1.39. The van der Waals surface area contributed by atoms with Crippen molar-refractivity contribution in [3.05, 3.63) is 45.7 Å². The van der Waals surface area contributed by atoms with Crippen molar-refractivity contribution in [1.29, 1.82) is 0 Å². The van der Waals surface area contributed by atoms with E-state index < -0.39 is 0 Å². The van der Waals surface area contributed by atoms with E-state index in [1.165, 1.54) is 0 Å². The number of imidazole rings is 1. The van der Waals surface area contributed by atoms with E-state index in [9.17, 15) is 0 Å². The summed E-state index contributed by atoms with van der Waals surface area (Å²) >= 11 is 9.62. The van der Waals surface area contributed by atoms with Gasteiger partial charge in [-0.25, -0.2) is 9.55 Å². The van der Waals surface area contributed by atoms with E-state index in [-0.39, 0.29) is 0 Å². The predicted molar refractivity (Wildman–Crippen MR) is 80.2 cm³/mol. The maximum atomic E-state index is 6.13. The molecule has 0 atom stereocenters. The van der Waals surface area contributed by atoms with Crippen LogP contribution in [0.1, 0.15) is 5.56 Å². The second-order valence-electron chi connectivity index (χ2n) is 4.61. The number of halogens is 2. The number of aromatic amines is 1. The number of fused-ring (bicyclic) bond motifs is 1. The molecule has 0 bridgehead atoms. The molecule has 5 heteroatoms. The van der Waals surface area contributed by atoms with E-state index in [4.69, 9.17) is 11.6 Å². The average molecular weight is 338 g/mol. The molecule has 0 aliphatic rings. The van der Waals surface area contributed by atoms with Crippen molar-refractivity contribution in [1.82, 2.24) is 9.97 Å². The molecule has 19 heavy (non-hydrogen) atoms. The highest BCUT2D eigenvalue weighted by Gasteiger charge is 2.11. The van der Waals surface area contributed by atoms with Crippen molar-refractivity contribution in [3.63, 3.8) is 0 Å². The standard InChI is InChI=1S/C14H12BrClN3/c1-8-3-12-13(5-11(8)16)18-14(17-12)9-4-10(15)7-19(2)6-9/h3-7H,1-2H3,(H,17,18)/q+1. The Kier molecular flexibility index (Phi) is 3.07. The van der Waals surface area contributed by atoms with Gasteiger partial charge >= 0.3 is 0 Å². The van der Waals surface area contributed by atoms with Crippen molar-refractivity contribution in [3.8, 4) is 11.4 Å². The van der Waals surface area contributed by atoms with E-state index in [1.54, 1.807) is 0 Å². The maximum absolute atomic E-state index is 6.13. The van der Waals surface area contributed by atoms with Crippen LogP contribution in [0.3, 0.4) is 0 Å². The number of nitrogens with one attached hydrogen (secondary N) is 1. The summed E-state index contributed by atoms with van der Waals surface area (Å²) in [6.45, 7) is 1.99. The summed E-state index contributed by atoms with van der Waals surface area (Å²) in [5.41, 5.74) is 3.96. The molecule has 0 spiro atoms. The van der Waals surface area contributed by atoms with Crippen LogP contribution in [0.2, 0.25) is 5.02 Å². The quantitative estimate of drug-likeness (QED) is 0.673. The Bertz CT molecular complexity index is 720. The van der Waals surface area contributed by atoms with Crippen molar-refractivity contribution >= 4 is 38.6 Å². The average Bonchev–Trinajstić information content (AvgIpc) is 2.71. The third kappa shape index (κ3) is 2.38. The second kappa shape index (κ2) is 4.62. The monoisotopic (exact) mass is 336 g/mol. The second-order valence-corrected chi connectivity index (χ2v) is 5.94. The van der Waals surface area contributed by atoms with Gasteiger partial charge in [0, 0.05) is 5.02 Å². The first-order valence-corrected chi connectivity index (χ1v) is 7.02. The van der Waals surface area contributed by atoms with Gasteiger partial charge in [-0.2, -0.15) is 0 Å². The zero-order valence-corrected chi connectivity index (χ0v) is 12.9. The smallest absolute Gasteiger partial charge is 0.182 e. The number of hydrogen-bond acceptors (Lipinski definition) is 1. The van der Waals surface area contributed by atoms with Gasteiger partial charge in [0.1, 0.15) is 12.9 Å². The van der Waals surface area contributed by atoms with Crippen LogP contribution in [0.15, 0.2) is 35.1 Å². The topological polar surface area (TPSA) is 32.6 Å². The summed E-state index contributed by atoms with van der Waals surface area (Å²) < 4.78 is 3.01. The number of H-pyrrole nitrogens is 1. The molecule has 0 unspecified atom stereocenters. The van der Waals surface area contributed by atoms with Crippen LogP contribution < -0.4 is 4.57 Å². The number of aryl methyl sites for hydroxylation is 2. The summed E-state index contributed by atoms with van der Waals surface area (Å²) in [6.07, 6.45) is 4.02. The summed E-state index contributed by atoms with van der Waals surface area (Å²) in [5.74, 6) is 0.841. The number of benzene rings is 1. The van der Waals surface area contributed by atoms with Gasteiger partial charge < -0.3 is 4.98 Å². The minimum atomic E-state index is 0.741. The zero-order chi connectivity index (χ0) is 13.6. The summed E-state index contributed by atoms with van der Waals surface area (Å²) in [7, 11) is 1.98. The summed E-state index contributed by atoms with van der Waals surface area (Å²) in [6, 6.07) is 5.95. The van der Waals surface area contributed by atoms with Gasteiger partial charge in [-0.1, -0.05) is 11.6 Å². The molecule has 3 aromatic rings. The minimum Gasteiger partial charge on any atom is -0.338 e. The molecule has 0 fully saturated rings. The van der Waals surface area contributed by atoms with Gasteiger partial charge in [-0.3, -0.25) is 0 Å². The van der Waals surface area contributed by atoms with Crippen molar-refractivity contribution < 1.29 is 4.57 Å². The molecule has 1 N–H and O–H groups in total. The SMILES string of the molecule is Cc1cc2[nH]c(-c3cc(Br)c[n+](C)c3)nc2cc1Cl. The van der Waals surface area contributed by atoms with E-state index in [0.717, 1.165) is 37.5 Å².